The van der Waals surface area contributed by atoms with Crippen molar-refractivity contribution >= 4 is 34.5 Å². The Morgan fingerprint density at radius 2 is 2.29 bits per heavy atom. The zero-order valence-electron chi connectivity index (χ0n) is 11.2. The zero-order valence-corrected chi connectivity index (χ0v) is 12.0. The molecule has 0 bridgehead atoms. The van der Waals surface area contributed by atoms with Crippen LogP contribution in [0.4, 0.5) is 11.4 Å². The molecule has 1 aromatic carbocycles. The highest BCUT2D eigenvalue weighted by Crippen LogP contribution is 2.30. The molecule has 0 atom stereocenters. The minimum absolute atomic E-state index is 0.0273. The molecule has 0 spiro atoms. The second-order valence-electron chi connectivity index (χ2n) is 4.68. The Kier molecular flexibility index (Phi) is 3.87. The van der Waals surface area contributed by atoms with Crippen molar-refractivity contribution in [3.8, 4) is 5.75 Å². The third-order valence-corrected chi connectivity index (χ3v) is 4.01. The molecule has 2 heterocycles. The number of hydrogen-bond acceptors (Lipinski definition) is 4. The summed E-state index contributed by atoms with van der Waals surface area (Å²) >= 11 is 1.65. The Morgan fingerprint density at radius 1 is 1.38 bits per heavy atom. The molecule has 1 aliphatic rings. The number of anilines is 2. The lowest BCUT2D eigenvalue weighted by Gasteiger charge is -2.18. The SMILES string of the molecule is O=C(CCc1cccs1)Nc1ccc2c(c1)NC(=O)CO2. The first-order valence-electron chi connectivity index (χ1n) is 6.59. The average Bonchev–Trinajstić information content (AvgIpc) is 2.98. The number of rotatable bonds is 4. The Labute approximate surface area is 125 Å². The van der Waals surface area contributed by atoms with Crippen LogP contribution in [-0.2, 0) is 16.0 Å². The number of fused-ring (bicyclic) bond motifs is 1. The van der Waals surface area contributed by atoms with Gasteiger partial charge in [-0.05, 0) is 36.1 Å². The number of aryl methyl sites for hydroxylation is 1. The molecule has 0 aliphatic carbocycles. The van der Waals surface area contributed by atoms with Crippen LogP contribution in [0.5, 0.6) is 5.75 Å². The third kappa shape index (κ3) is 3.41. The van der Waals surface area contributed by atoms with E-state index in [-0.39, 0.29) is 18.4 Å². The predicted octanol–water partition coefficient (Wildman–Crippen LogP) is 2.65. The van der Waals surface area contributed by atoms with Gasteiger partial charge in [0, 0.05) is 17.0 Å². The van der Waals surface area contributed by atoms with E-state index >= 15 is 0 Å². The largest absolute Gasteiger partial charge is 0.482 e. The molecule has 1 aromatic heterocycles. The summed E-state index contributed by atoms with van der Waals surface area (Å²) in [4.78, 5) is 24.4. The van der Waals surface area contributed by atoms with E-state index in [1.54, 1.807) is 29.5 Å². The van der Waals surface area contributed by atoms with Gasteiger partial charge in [-0.1, -0.05) is 6.07 Å². The van der Waals surface area contributed by atoms with Gasteiger partial charge < -0.3 is 15.4 Å². The molecule has 0 saturated heterocycles. The number of ether oxygens (including phenoxy) is 1. The normalized spacial score (nSPS) is 13.0. The summed E-state index contributed by atoms with van der Waals surface area (Å²) in [5, 5.41) is 7.54. The van der Waals surface area contributed by atoms with Crippen molar-refractivity contribution in [1.29, 1.82) is 0 Å². The molecule has 2 aromatic rings. The number of carbonyl (C=O) groups excluding carboxylic acids is 2. The number of hydrogen-bond donors (Lipinski definition) is 2. The molecule has 108 valence electrons. The number of benzene rings is 1. The Morgan fingerprint density at radius 3 is 3.10 bits per heavy atom. The van der Waals surface area contributed by atoms with E-state index in [4.69, 9.17) is 4.74 Å². The van der Waals surface area contributed by atoms with Crippen molar-refractivity contribution in [3.05, 3.63) is 40.6 Å². The summed E-state index contributed by atoms with van der Waals surface area (Å²) in [5.74, 6) is 0.376. The first kappa shape index (κ1) is 13.6. The topological polar surface area (TPSA) is 67.4 Å². The van der Waals surface area contributed by atoms with Crippen LogP contribution < -0.4 is 15.4 Å². The van der Waals surface area contributed by atoms with E-state index in [0.717, 1.165) is 6.42 Å². The van der Waals surface area contributed by atoms with Crippen molar-refractivity contribution in [3.63, 3.8) is 0 Å². The minimum atomic E-state index is -0.191. The van der Waals surface area contributed by atoms with Crippen molar-refractivity contribution < 1.29 is 14.3 Å². The van der Waals surface area contributed by atoms with Crippen LogP contribution in [0.3, 0.4) is 0 Å². The Bertz CT molecular complexity index is 668. The van der Waals surface area contributed by atoms with Crippen LogP contribution in [0.25, 0.3) is 0 Å². The van der Waals surface area contributed by atoms with E-state index < -0.39 is 0 Å². The van der Waals surface area contributed by atoms with Gasteiger partial charge in [0.2, 0.25) is 5.91 Å². The molecular formula is C15H14N2O3S. The van der Waals surface area contributed by atoms with Crippen molar-refractivity contribution in [2.75, 3.05) is 17.2 Å². The van der Waals surface area contributed by atoms with Gasteiger partial charge in [-0.3, -0.25) is 9.59 Å². The van der Waals surface area contributed by atoms with Gasteiger partial charge >= 0.3 is 0 Å². The number of nitrogens with one attached hydrogen (secondary N) is 2. The van der Waals surface area contributed by atoms with Crippen molar-refractivity contribution in [2.45, 2.75) is 12.8 Å². The van der Waals surface area contributed by atoms with Crippen LogP contribution in [0.1, 0.15) is 11.3 Å². The summed E-state index contributed by atoms with van der Waals surface area (Å²) < 4.78 is 5.27. The summed E-state index contributed by atoms with van der Waals surface area (Å²) in [6.07, 6.45) is 1.16. The van der Waals surface area contributed by atoms with Crippen LogP contribution in [0.2, 0.25) is 0 Å². The van der Waals surface area contributed by atoms with Gasteiger partial charge in [-0.25, -0.2) is 0 Å². The average molecular weight is 302 g/mol. The molecule has 0 unspecified atom stereocenters. The highest BCUT2D eigenvalue weighted by atomic mass is 32.1. The summed E-state index contributed by atoms with van der Waals surface area (Å²) in [6.45, 7) is 0.0273. The Balaban J connectivity index is 1.61. The lowest BCUT2D eigenvalue weighted by Crippen LogP contribution is -2.25. The van der Waals surface area contributed by atoms with Crippen LogP contribution in [0.15, 0.2) is 35.7 Å². The maximum atomic E-state index is 11.9. The fourth-order valence-electron chi connectivity index (χ4n) is 2.08. The lowest BCUT2D eigenvalue weighted by molar-refractivity contribution is -0.118. The second kappa shape index (κ2) is 5.97. The third-order valence-electron chi connectivity index (χ3n) is 3.07. The van der Waals surface area contributed by atoms with Gasteiger partial charge in [-0.15, -0.1) is 11.3 Å². The first-order chi connectivity index (χ1) is 10.2. The molecular weight excluding hydrogens is 288 g/mol. The summed E-state index contributed by atoms with van der Waals surface area (Å²) in [7, 11) is 0. The highest BCUT2D eigenvalue weighted by molar-refractivity contribution is 7.09. The number of carbonyl (C=O) groups is 2. The van der Waals surface area contributed by atoms with E-state index in [2.05, 4.69) is 10.6 Å². The molecule has 21 heavy (non-hydrogen) atoms. The van der Waals surface area contributed by atoms with Crippen molar-refractivity contribution in [2.24, 2.45) is 0 Å². The number of thiophene rings is 1. The van der Waals surface area contributed by atoms with Crippen molar-refractivity contribution in [1.82, 2.24) is 0 Å². The summed E-state index contributed by atoms with van der Waals surface area (Å²) in [5.41, 5.74) is 1.23. The van der Waals surface area contributed by atoms with Gasteiger partial charge in [0.05, 0.1) is 5.69 Å². The molecule has 0 saturated carbocycles. The standard InChI is InChI=1S/C15H14N2O3S/c18-14(6-4-11-2-1-7-21-11)16-10-3-5-13-12(8-10)17-15(19)9-20-13/h1-3,5,7-8H,4,6,9H2,(H,16,18)(H,17,19). The van der Waals surface area contributed by atoms with Gasteiger partial charge in [0.15, 0.2) is 6.61 Å². The lowest BCUT2D eigenvalue weighted by atomic mass is 10.2. The van der Waals surface area contributed by atoms with E-state index in [0.29, 0.717) is 23.5 Å². The molecule has 2 N–H and O–H groups in total. The van der Waals surface area contributed by atoms with Gasteiger partial charge in [0.25, 0.3) is 5.91 Å². The second-order valence-corrected chi connectivity index (χ2v) is 5.71. The predicted molar refractivity (Wildman–Crippen MR) is 81.8 cm³/mol. The van der Waals surface area contributed by atoms with Gasteiger partial charge in [0.1, 0.15) is 5.75 Å². The van der Waals surface area contributed by atoms with E-state index in [1.807, 2.05) is 17.5 Å². The van der Waals surface area contributed by atoms with Crippen LogP contribution in [-0.4, -0.2) is 18.4 Å². The van der Waals surface area contributed by atoms with Crippen LogP contribution >= 0.6 is 11.3 Å². The van der Waals surface area contributed by atoms with Gasteiger partial charge in [-0.2, -0.15) is 0 Å². The molecule has 3 rings (SSSR count). The quantitative estimate of drug-likeness (QED) is 0.912. The molecule has 0 radical (unpaired) electrons. The van der Waals surface area contributed by atoms with Crippen LogP contribution in [0, 0.1) is 0 Å². The number of amides is 2. The zero-order chi connectivity index (χ0) is 14.7. The van der Waals surface area contributed by atoms with E-state index in [9.17, 15) is 9.59 Å². The fraction of sp³-hybridized carbons (Fsp3) is 0.200. The molecule has 5 nitrogen and oxygen atoms in total. The monoisotopic (exact) mass is 302 g/mol. The highest BCUT2D eigenvalue weighted by Gasteiger charge is 2.16. The minimum Gasteiger partial charge on any atom is -0.482 e. The maximum absolute atomic E-state index is 11.9. The molecule has 1 aliphatic heterocycles. The van der Waals surface area contributed by atoms with E-state index in [1.165, 1.54) is 4.88 Å². The molecule has 6 heteroatoms. The Hall–Kier alpha value is -2.34. The smallest absolute Gasteiger partial charge is 0.262 e. The molecule has 0 fully saturated rings. The fourth-order valence-corrected chi connectivity index (χ4v) is 2.78. The first-order valence-corrected chi connectivity index (χ1v) is 7.47. The maximum Gasteiger partial charge on any atom is 0.262 e. The molecule has 2 amide bonds. The summed E-state index contributed by atoms with van der Waals surface area (Å²) in [6, 6.07) is 9.20.